The van der Waals surface area contributed by atoms with Gasteiger partial charge in [-0.3, -0.25) is 9.69 Å². The maximum atomic E-state index is 12.0. The smallest absolute Gasteiger partial charge is 0.241 e. The molecular weight excluding hydrogens is 402 g/mol. The van der Waals surface area contributed by atoms with Crippen LogP contribution in [-0.4, -0.2) is 73.2 Å². The molecule has 0 aromatic heterocycles. The normalized spacial score (nSPS) is 16.7. The van der Waals surface area contributed by atoms with Gasteiger partial charge in [0.1, 0.15) is 0 Å². The van der Waals surface area contributed by atoms with Crippen LogP contribution in [0.5, 0.6) is 0 Å². The molecule has 0 radical (unpaired) electrons. The number of nitrogens with zero attached hydrogens (tertiary/aromatic N) is 3. The number of aliphatic imine (C=N–C) groups is 1. The van der Waals surface area contributed by atoms with Crippen molar-refractivity contribution in [2.24, 2.45) is 4.99 Å². The SMILES string of the molecule is CN(C)C(=O)CNC(=NCc1ccccc1CN1CCC(O)C1)NCCc1ccccc1. The second-order valence-corrected chi connectivity index (χ2v) is 8.42. The lowest BCUT2D eigenvalue weighted by molar-refractivity contribution is -0.127. The van der Waals surface area contributed by atoms with Crippen LogP contribution >= 0.6 is 0 Å². The van der Waals surface area contributed by atoms with E-state index in [0.717, 1.165) is 44.6 Å². The highest BCUT2D eigenvalue weighted by molar-refractivity contribution is 5.86. The van der Waals surface area contributed by atoms with Gasteiger partial charge in [0.2, 0.25) is 5.91 Å². The number of carbonyl (C=O) groups is 1. The number of likely N-dealkylation sites (tertiary alicyclic amines) is 1. The molecular formula is C25H35N5O2. The zero-order valence-electron chi connectivity index (χ0n) is 19.1. The van der Waals surface area contributed by atoms with Crippen LogP contribution in [0.3, 0.4) is 0 Å². The number of benzene rings is 2. The molecule has 0 bridgehead atoms. The molecule has 1 saturated heterocycles. The summed E-state index contributed by atoms with van der Waals surface area (Å²) in [6, 6.07) is 18.6. The number of rotatable bonds is 9. The van der Waals surface area contributed by atoms with Gasteiger partial charge < -0.3 is 20.6 Å². The Labute approximate surface area is 191 Å². The number of aliphatic hydroxyl groups is 1. The van der Waals surface area contributed by atoms with E-state index in [9.17, 15) is 9.90 Å². The van der Waals surface area contributed by atoms with E-state index in [1.807, 2.05) is 30.3 Å². The second kappa shape index (κ2) is 12.2. The fraction of sp³-hybridized carbons (Fsp3) is 0.440. The summed E-state index contributed by atoms with van der Waals surface area (Å²) in [5.41, 5.74) is 3.62. The van der Waals surface area contributed by atoms with E-state index in [1.165, 1.54) is 11.1 Å². The number of likely N-dealkylation sites (N-methyl/N-ethyl adjacent to an activating group) is 1. The zero-order valence-corrected chi connectivity index (χ0v) is 19.1. The van der Waals surface area contributed by atoms with E-state index in [4.69, 9.17) is 4.99 Å². The molecule has 172 valence electrons. The van der Waals surface area contributed by atoms with Crippen molar-refractivity contribution in [3.63, 3.8) is 0 Å². The molecule has 1 atom stereocenters. The Kier molecular flexibility index (Phi) is 9.07. The van der Waals surface area contributed by atoms with Crippen molar-refractivity contribution in [2.75, 3.05) is 40.3 Å². The van der Waals surface area contributed by atoms with Crippen molar-refractivity contribution >= 4 is 11.9 Å². The Balaban J connectivity index is 1.64. The zero-order chi connectivity index (χ0) is 22.8. The van der Waals surface area contributed by atoms with Crippen LogP contribution in [0.1, 0.15) is 23.1 Å². The van der Waals surface area contributed by atoms with Crippen LogP contribution in [0.4, 0.5) is 0 Å². The highest BCUT2D eigenvalue weighted by Crippen LogP contribution is 2.17. The van der Waals surface area contributed by atoms with Gasteiger partial charge in [-0.1, -0.05) is 54.6 Å². The summed E-state index contributed by atoms with van der Waals surface area (Å²) in [4.78, 5) is 20.6. The summed E-state index contributed by atoms with van der Waals surface area (Å²) >= 11 is 0. The lowest BCUT2D eigenvalue weighted by Gasteiger charge is -2.18. The fourth-order valence-electron chi connectivity index (χ4n) is 3.69. The van der Waals surface area contributed by atoms with Crippen molar-refractivity contribution in [1.82, 2.24) is 20.4 Å². The molecule has 1 amide bonds. The third-order valence-electron chi connectivity index (χ3n) is 5.62. The predicted molar refractivity (Wildman–Crippen MR) is 128 cm³/mol. The number of nitrogens with one attached hydrogen (secondary N) is 2. The van der Waals surface area contributed by atoms with Crippen molar-refractivity contribution in [3.8, 4) is 0 Å². The molecule has 1 aliphatic rings. The number of aliphatic hydroxyl groups excluding tert-OH is 1. The quantitative estimate of drug-likeness (QED) is 0.410. The number of carbonyl (C=O) groups excluding carboxylic acids is 1. The van der Waals surface area contributed by atoms with E-state index in [2.05, 4.69) is 39.8 Å². The number of hydrogen-bond donors (Lipinski definition) is 3. The first kappa shape index (κ1) is 23.8. The molecule has 1 fully saturated rings. The third-order valence-corrected chi connectivity index (χ3v) is 5.62. The Hall–Kier alpha value is -2.90. The van der Waals surface area contributed by atoms with E-state index in [1.54, 1.807) is 19.0 Å². The molecule has 3 N–H and O–H groups in total. The van der Waals surface area contributed by atoms with Crippen LogP contribution in [-0.2, 0) is 24.3 Å². The minimum atomic E-state index is -0.223. The Morgan fingerprint density at radius 2 is 1.81 bits per heavy atom. The van der Waals surface area contributed by atoms with Gasteiger partial charge in [0, 0.05) is 40.3 Å². The Morgan fingerprint density at radius 1 is 1.09 bits per heavy atom. The average Bonchev–Trinajstić information content (AvgIpc) is 3.21. The molecule has 32 heavy (non-hydrogen) atoms. The number of guanidine groups is 1. The minimum Gasteiger partial charge on any atom is -0.392 e. The van der Waals surface area contributed by atoms with E-state index in [-0.39, 0.29) is 18.6 Å². The van der Waals surface area contributed by atoms with E-state index < -0.39 is 0 Å². The number of amides is 1. The van der Waals surface area contributed by atoms with Crippen LogP contribution in [0.15, 0.2) is 59.6 Å². The molecule has 2 aromatic rings. The van der Waals surface area contributed by atoms with E-state index in [0.29, 0.717) is 12.5 Å². The first-order valence-electron chi connectivity index (χ1n) is 11.2. The first-order chi connectivity index (χ1) is 15.5. The maximum absolute atomic E-state index is 12.0. The van der Waals surface area contributed by atoms with Gasteiger partial charge in [-0.2, -0.15) is 0 Å². The Morgan fingerprint density at radius 3 is 2.50 bits per heavy atom. The van der Waals surface area contributed by atoms with Gasteiger partial charge >= 0.3 is 0 Å². The number of hydrogen-bond acceptors (Lipinski definition) is 4. The van der Waals surface area contributed by atoms with Crippen LogP contribution < -0.4 is 10.6 Å². The van der Waals surface area contributed by atoms with Gasteiger partial charge in [-0.15, -0.1) is 0 Å². The number of β-amino-alcohol motifs (C(OH)–C–C–N with tert-alkyl or cyclic N) is 1. The molecule has 1 heterocycles. The molecule has 0 aliphatic carbocycles. The lowest BCUT2D eigenvalue weighted by atomic mass is 10.1. The predicted octanol–water partition coefficient (Wildman–Crippen LogP) is 1.62. The summed E-state index contributed by atoms with van der Waals surface area (Å²) in [6.45, 7) is 3.88. The van der Waals surface area contributed by atoms with Gasteiger partial charge in [0.15, 0.2) is 5.96 Å². The highest BCUT2D eigenvalue weighted by atomic mass is 16.3. The standard InChI is InChI=1S/C25H35N5O2/c1-29(2)24(32)17-28-25(26-14-12-20-8-4-3-5-9-20)27-16-21-10-6-7-11-22(21)18-30-15-13-23(31)19-30/h3-11,23,31H,12-19H2,1-2H3,(H2,26,27,28). The fourth-order valence-corrected chi connectivity index (χ4v) is 3.69. The van der Waals surface area contributed by atoms with Gasteiger partial charge in [-0.25, -0.2) is 4.99 Å². The van der Waals surface area contributed by atoms with Crippen molar-refractivity contribution in [2.45, 2.75) is 32.0 Å². The highest BCUT2D eigenvalue weighted by Gasteiger charge is 2.20. The van der Waals surface area contributed by atoms with Crippen molar-refractivity contribution in [1.29, 1.82) is 0 Å². The van der Waals surface area contributed by atoms with Crippen molar-refractivity contribution in [3.05, 3.63) is 71.3 Å². The summed E-state index contributed by atoms with van der Waals surface area (Å²) in [5, 5.41) is 16.3. The molecule has 7 heteroatoms. The van der Waals surface area contributed by atoms with Gasteiger partial charge in [0.25, 0.3) is 0 Å². The van der Waals surface area contributed by atoms with E-state index >= 15 is 0 Å². The largest absolute Gasteiger partial charge is 0.392 e. The summed E-state index contributed by atoms with van der Waals surface area (Å²) < 4.78 is 0. The molecule has 1 aliphatic heterocycles. The molecule has 0 spiro atoms. The molecule has 1 unspecified atom stereocenters. The van der Waals surface area contributed by atoms with Crippen molar-refractivity contribution < 1.29 is 9.90 Å². The molecule has 7 nitrogen and oxygen atoms in total. The topological polar surface area (TPSA) is 80.2 Å². The molecule has 0 saturated carbocycles. The maximum Gasteiger partial charge on any atom is 0.241 e. The summed E-state index contributed by atoms with van der Waals surface area (Å²) in [5.74, 6) is 0.623. The first-order valence-corrected chi connectivity index (χ1v) is 11.2. The van der Waals surface area contributed by atoms with Crippen LogP contribution in [0.2, 0.25) is 0 Å². The van der Waals surface area contributed by atoms with Gasteiger partial charge in [-0.05, 0) is 29.5 Å². The summed E-state index contributed by atoms with van der Waals surface area (Å²) in [7, 11) is 3.49. The second-order valence-electron chi connectivity index (χ2n) is 8.42. The lowest BCUT2D eigenvalue weighted by Crippen LogP contribution is -2.43. The molecule has 2 aromatic carbocycles. The summed E-state index contributed by atoms with van der Waals surface area (Å²) in [6.07, 6.45) is 1.48. The van der Waals surface area contributed by atoms with Crippen LogP contribution in [0, 0.1) is 0 Å². The van der Waals surface area contributed by atoms with Gasteiger partial charge in [0.05, 0.1) is 19.2 Å². The monoisotopic (exact) mass is 437 g/mol. The Bertz CT molecular complexity index is 885. The van der Waals surface area contributed by atoms with Crippen LogP contribution in [0.25, 0.3) is 0 Å². The molecule has 3 rings (SSSR count). The minimum absolute atomic E-state index is 0.00412. The average molecular weight is 438 g/mol. The third kappa shape index (κ3) is 7.66.